The highest BCUT2D eigenvalue weighted by atomic mass is 16.5. The lowest BCUT2D eigenvalue weighted by molar-refractivity contribution is -0.119. The third kappa shape index (κ3) is 3.56. The van der Waals surface area contributed by atoms with Crippen molar-refractivity contribution in [3.63, 3.8) is 0 Å². The van der Waals surface area contributed by atoms with Gasteiger partial charge in [0.2, 0.25) is 0 Å². The van der Waals surface area contributed by atoms with Gasteiger partial charge in [-0.25, -0.2) is 9.48 Å². The van der Waals surface area contributed by atoms with Crippen molar-refractivity contribution in [1.29, 1.82) is 0 Å². The van der Waals surface area contributed by atoms with Crippen LogP contribution < -0.4 is 5.32 Å². The van der Waals surface area contributed by atoms with E-state index >= 15 is 0 Å². The molecule has 7 heteroatoms. The van der Waals surface area contributed by atoms with Gasteiger partial charge in [0.1, 0.15) is 5.52 Å². The largest absolute Gasteiger partial charge is 0.452 e. The van der Waals surface area contributed by atoms with Crippen molar-refractivity contribution >= 4 is 28.6 Å². The van der Waals surface area contributed by atoms with Gasteiger partial charge in [0, 0.05) is 12.2 Å². The molecule has 3 aromatic rings. The van der Waals surface area contributed by atoms with Gasteiger partial charge >= 0.3 is 5.97 Å². The molecule has 0 aliphatic carbocycles. The first-order valence-corrected chi connectivity index (χ1v) is 8.36. The van der Waals surface area contributed by atoms with Crippen LogP contribution in [-0.4, -0.2) is 33.5 Å². The number of aryl methyl sites for hydroxylation is 3. The van der Waals surface area contributed by atoms with Gasteiger partial charge in [-0.15, -0.1) is 5.10 Å². The van der Waals surface area contributed by atoms with Crippen LogP contribution in [0.5, 0.6) is 0 Å². The molecular formula is C19H20N4O3. The Balaban J connectivity index is 1.64. The summed E-state index contributed by atoms with van der Waals surface area (Å²) < 4.78 is 6.86. The predicted octanol–water partition coefficient (Wildman–Crippen LogP) is 2.86. The van der Waals surface area contributed by atoms with E-state index in [9.17, 15) is 9.59 Å². The summed E-state index contributed by atoms with van der Waals surface area (Å²) in [7, 11) is 0. The maximum absolute atomic E-state index is 12.2. The van der Waals surface area contributed by atoms with Crippen molar-refractivity contribution in [1.82, 2.24) is 15.0 Å². The van der Waals surface area contributed by atoms with Gasteiger partial charge in [0.15, 0.2) is 6.61 Å². The fourth-order valence-electron chi connectivity index (χ4n) is 2.73. The normalized spacial score (nSPS) is 10.7. The molecule has 1 heterocycles. The van der Waals surface area contributed by atoms with Crippen molar-refractivity contribution in [3.8, 4) is 0 Å². The second-order valence-corrected chi connectivity index (χ2v) is 6.00. The van der Waals surface area contributed by atoms with Gasteiger partial charge < -0.3 is 10.1 Å². The summed E-state index contributed by atoms with van der Waals surface area (Å²) in [6, 6.07) is 10.8. The van der Waals surface area contributed by atoms with Crippen LogP contribution in [0.3, 0.4) is 0 Å². The van der Waals surface area contributed by atoms with Crippen molar-refractivity contribution < 1.29 is 14.3 Å². The maximum Gasteiger partial charge on any atom is 0.338 e. The number of carbonyl (C=O) groups is 2. The number of esters is 1. The van der Waals surface area contributed by atoms with E-state index in [0.29, 0.717) is 17.6 Å². The van der Waals surface area contributed by atoms with Crippen LogP contribution >= 0.6 is 0 Å². The number of aromatic nitrogens is 3. The molecule has 0 radical (unpaired) electrons. The molecule has 3 rings (SSSR count). The minimum atomic E-state index is -0.574. The van der Waals surface area contributed by atoms with Gasteiger partial charge in [0.25, 0.3) is 5.91 Å². The smallest absolute Gasteiger partial charge is 0.338 e. The van der Waals surface area contributed by atoms with Crippen LogP contribution in [0.4, 0.5) is 5.69 Å². The molecule has 0 fully saturated rings. The van der Waals surface area contributed by atoms with Crippen LogP contribution in [0.15, 0.2) is 36.4 Å². The second-order valence-electron chi connectivity index (χ2n) is 6.00. The van der Waals surface area contributed by atoms with E-state index in [4.69, 9.17) is 4.74 Å². The highest BCUT2D eigenvalue weighted by molar-refractivity contribution is 5.97. The molecule has 1 amide bonds. The van der Waals surface area contributed by atoms with Crippen LogP contribution in [0.1, 0.15) is 28.4 Å². The molecule has 0 spiro atoms. The summed E-state index contributed by atoms with van der Waals surface area (Å²) in [5, 5.41) is 10.8. The van der Waals surface area contributed by atoms with Crippen LogP contribution in [0.25, 0.3) is 11.0 Å². The van der Waals surface area contributed by atoms with Crippen molar-refractivity contribution in [2.24, 2.45) is 0 Å². The van der Waals surface area contributed by atoms with Gasteiger partial charge in [-0.3, -0.25) is 4.79 Å². The highest BCUT2D eigenvalue weighted by Crippen LogP contribution is 2.19. The number of carbonyl (C=O) groups excluding carboxylic acids is 2. The first kappa shape index (κ1) is 17.6. The Bertz CT molecular complexity index is 958. The molecule has 1 aromatic heterocycles. The second kappa shape index (κ2) is 7.35. The number of nitrogens with zero attached hydrogens (tertiary/aromatic N) is 3. The number of benzene rings is 2. The van der Waals surface area contributed by atoms with Crippen LogP contribution in [0.2, 0.25) is 0 Å². The molecule has 134 valence electrons. The van der Waals surface area contributed by atoms with E-state index < -0.39 is 5.97 Å². The number of amides is 1. The Labute approximate surface area is 151 Å². The summed E-state index contributed by atoms with van der Waals surface area (Å²) in [6.07, 6.45) is 0. The number of fused-ring (bicyclic) bond motifs is 1. The number of anilines is 1. The highest BCUT2D eigenvalue weighted by Gasteiger charge is 2.14. The lowest BCUT2D eigenvalue weighted by Gasteiger charge is -2.11. The van der Waals surface area contributed by atoms with Crippen molar-refractivity contribution in [2.75, 3.05) is 11.9 Å². The molecule has 0 atom stereocenters. The minimum Gasteiger partial charge on any atom is -0.452 e. The first-order chi connectivity index (χ1) is 12.5. The Morgan fingerprint density at radius 3 is 2.58 bits per heavy atom. The Morgan fingerprint density at radius 2 is 1.88 bits per heavy atom. The topological polar surface area (TPSA) is 86.1 Å². The average molecular weight is 352 g/mol. The average Bonchev–Trinajstić information content (AvgIpc) is 3.05. The minimum absolute atomic E-state index is 0.334. The Morgan fingerprint density at radius 1 is 1.15 bits per heavy atom. The van der Waals surface area contributed by atoms with Gasteiger partial charge in [-0.05, 0) is 50.1 Å². The third-order valence-corrected chi connectivity index (χ3v) is 4.13. The SMILES string of the molecule is CCn1nnc2cc(C(=O)OCC(=O)Nc3c(C)cccc3C)ccc21. The molecule has 26 heavy (non-hydrogen) atoms. The number of ether oxygens (including phenoxy) is 1. The molecule has 0 bridgehead atoms. The van der Waals surface area contributed by atoms with E-state index in [0.717, 1.165) is 22.3 Å². The number of hydrogen-bond acceptors (Lipinski definition) is 5. The number of hydrogen-bond donors (Lipinski definition) is 1. The lowest BCUT2D eigenvalue weighted by Crippen LogP contribution is -2.21. The maximum atomic E-state index is 12.2. The fraction of sp³-hybridized carbons (Fsp3) is 0.263. The van der Waals surface area contributed by atoms with Crippen molar-refractivity contribution in [3.05, 3.63) is 53.1 Å². The summed E-state index contributed by atoms with van der Waals surface area (Å²) in [5.41, 5.74) is 4.44. The molecule has 0 saturated heterocycles. The third-order valence-electron chi connectivity index (χ3n) is 4.13. The van der Waals surface area contributed by atoms with Gasteiger partial charge in [-0.1, -0.05) is 23.4 Å². The first-order valence-electron chi connectivity index (χ1n) is 8.36. The molecule has 0 aliphatic rings. The quantitative estimate of drug-likeness (QED) is 0.714. The number of rotatable bonds is 5. The predicted molar refractivity (Wildman–Crippen MR) is 98.0 cm³/mol. The zero-order valence-corrected chi connectivity index (χ0v) is 14.9. The molecule has 2 aromatic carbocycles. The molecule has 0 aliphatic heterocycles. The molecular weight excluding hydrogens is 332 g/mol. The van der Waals surface area contributed by atoms with E-state index in [2.05, 4.69) is 15.6 Å². The number of nitrogens with one attached hydrogen (secondary N) is 1. The summed E-state index contributed by atoms with van der Waals surface area (Å²) in [6.45, 7) is 6.12. The summed E-state index contributed by atoms with van der Waals surface area (Å²) in [5.74, 6) is -0.955. The summed E-state index contributed by atoms with van der Waals surface area (Å²) >= 11 is 0. The lowest BCUT2D eigenvalue weighted by atomic mass is 10.1. The van der Waals surface area contributed by atoms with E-state index in [-0.39, 0.29) is 12.5 Å². The molecule has 0 unspecified atom stereocenters. The number of para-hydroxylation sites is 1. The zero-order valence-electron chi connectivity index (χ0n) is 14.9. The fourth-order valence-corrected chi connectivity index (χ4v) is 2.73. The van der Waals surface area contributed by atoms with E-state index in [1.54, 1.807) is 22.9 Å². The van der Waals surface area contributed by atoms with Crippen LogP contribution in [0, 0.1) is 13.8 Å². The zero-order chi connectivity index (χ0) is 18.7. The van der Waals surface area contributed by atoms with E-state index in [1.165, 1.54) is 0 Å². The Hall–Kier alpha value is -3.22. The van der Waals surface area contributed by atoms with E-state index in [1.807, 2.05) is 39.0 Å². The standard InChI is InChI=1S/C19H20N4O3/c1-4-23-16-9-8-14(10-15(16)21-22-23)19(25)26-11-17(24)20-18-12(2)6-5-7-13(18)3/h5-10H,4,11H2,1-3H3,(H,20,24). The monoisotopic (exact) mass is 352 g/mol. The molecule has 1 N–H and O–H groups in total. The van der Waals surface area contributed by atoms with Crippen LogP contribution in [-0.2, 0) is 16.1 Å². The molecule has 0 saturated carbocycles. The van der Waals surface area contributed by atoms with Gasteiger partial charge in [0.05, 0.1) is 11.1 Å². The van der Waals surface area contributed by atoms with Crippen molar-refractivity contribution in [2.45, 2.75) is 27.3 Å². The summed E-state index contributed by atoms with van der Waals surface area (Å²) in [4.78, 5) is 24.3. The van der Waals surface area contributed by atoms with Gasteiger partial charge in [-0.2, -0.15) is 0 Å². The Kier molecular flexibility index (Phi) is 4.97. The molecule has 7 nitrogen and oxygen atoms in total.